The van der Waals surface area contributed by atoms with Gasteiger partial charge in [0.05, 0.1) is 17.5 Å². The lowest BCUT2D eigenvalue weighted by Crippen LogP contribution is -2.51. The molecule has 2 aromatic rings. The molecule has 9 nitrogen and oxygen atoms in total. The third-order valence-electron chi connectivity index (χ3n) is 6.63. The lowest BCUT2D eigenvalue weighted by molar-refractivity contribution is -0.387. The SMILES string of the molecule is CC(NC(=O)CN1CCN(S(=O)(=O)c2ccccc2[N+](=O)[O-])CC1)c1ccc2c(c1)CCCC2. The van der Waals surface area contributed by atoms with Crippen molar-refractivity contribution in [3.8, 4) is 0 Å². The molecule has 1 N–H and O–H groups in total. The van der Waals surface area contributed by atoms with E-state index in [2.05, 4.69) is 23.5 Å². The second kappa shape index (κ2) is 10.2. The number of nitro benzene ring substituents is 1. The van der Waals surface area contributed by atoms with Crippen molar-refractivity contribution in [3.63, 3.8) is 0 Å². The predicted molar refractivity (Wildman–Crippen MR) is 128 cm³/mol. The van der Waals surface area contributed by atoms with Crippen LogP contribution >= 0.6 is 0 Å². The smallest absolute Gasteiger partial charge is 0.289 e. The van der Waals surface area contributed by atoms with Crippen molar-refractivity contribution in [2.24, 2.45) is 0 Å². The molecular weight excluding hydrogens is 456 g/mol. The van der Waals surface area contributed by atoms with E-state index in [0.29, 0.717) is 13.1 Å². The van der Waals surface area contributed by atoms with Crippen molar-refractivity contribution in [3.05, 3.63) is 69.3 Å². The van der Waals surface area contributed by atoms with Crippen LogP contribution in [0.3, 0.4) is 0 Å². The van der Waals surface area contributed by atoms with Gasteiger partial charge < -0.3 is 5.32 Å². The number of fused-ring (bicyclic) bond motifs is 1. The topological polar surface area (TPSA) is 113 Å². The van der Waals surface area contributed by atoms with E-state index in [4.69, 9.17) is 0 Å². The molecule has 1 fully saturated rings. The van der Waals surface area contributed by atoms with E-state index in [1.54, 1.807) is 0 Å². The van der Waals surface area contributed by atoms with Crippen LogP contribution in [-0.2, 0) is 27.7 Å². The van der Waals surface area contributed by atoms with E-state index >= 15 is 0 Å². The van der Waals surface area contributed by atoms with Gasteiger partial charge in [-0.05, 0) is 55.4 Å². The molecule has 0 radical (unpaired) electrons. The van der Waals surface area contributed by atoms with Crippen LogP contribution in [0.4, 0.5) is 5.69 Å². The Kier molecular flexibility index (Phi) is 7.30. The predicted octanol–water partition coefficient (Wildman–Crippen LogP) is 2.66. The number of carbonyl (C=O) groups is 1. The molecule has 1 heterocycles. The highest BCUT2D eigenvalue weighted by Crippen LogP contribution is 2.27. The number of nitrogens with zero attached hydrogens (tertiary/aromatic N) is 3. The van der Waals surface area contributed by atoms with Gasteiger partial charge in [-0.25, -0.2) is 8.42 Å². The number of aryl methyl sites for hydroxylation is 2. The van der Waals surface area contributed by atoms with Crippen LogP contribution in [0.15, 0.2) is 47.4 Å². The summed E-state index contributed by atoms with van der Waals surface area (Å²) in [5.74, 6) is -0.111. The summed E-state index contributed by atoms with van der Waals surface area (Å²) in [4.78, 5) is 24.8. The number of carbonyl (C=O) groups excluding carboxylic acids is 1. The van der Waals surface area contributed by atoms with Crippen molar-refractivity contribution in [1.29, 1.82) is 0 Å². The zero-order valence-electron chi connectivity index (χ0n) is 19.3. The second-order valence-corrected chi connectivity index (χ2v) is 10.8. The van der Waals surface area contributed by atoms with Crippen molar-refractivity contribution in [1.82, 2.24) is 14.5 Å². The quantitative estimate of drug-likeness (QED) is 0.476. The Hall–Kier alpha value is -2.82. The second-order valence-electron chi connectivity index (χ2n) is 8.93. The molecular formula is C24H30N4O5S. The summed E-state index contributed by atoms with van der Waals surface area (Å²) in [5, 5.41) is 14.3. The first-order chi connectivity index (χ1) is 16.3. The molecule has 2 aliphatic rings. The number of nitro groups is 1. The molecule has 10 heteroatoms. The summed E-state index contributed by atoms with van der Waals surface area (Å²) >= 11 is 0. The van der Waals surface area contributed by atoms with Crippen LogP contribution in [0, 0.1) is 10.1 Å². The number of piperazine rings is 1. The fraction of sp³-hybridized carbons (Fsp3) is 0.458. The summed E-state index contributed by atoms with van der Waals surface area (Å²) in [6, 6.07) is 11.7. The molecule has 1 aliphatic carbocycles. The Bertz CT molecular complexity index is 1180. The first-order valence-corrected chi connectivity index (χ1v) is 13.1. The largest absolute Gasteiger partial charge is 0.348 e. The number of hydrogen-bond donors (Lipinski definition) is 1. The summed E-state index contributed by atoms with van der Waals surface area (Å²) in [7, 11) is -3.99. The Morgan fingerprint density at radius 3 is 2.44 bits per heavy atom. The van der Waals surface area contributed by atoms with Crippen LogP contribution in [-0.4, -0.2) is 61.2 Å². The van der Waals surface area contributed by atoms with Gasteiger partial charge in [-0.2, -0.15) is 4.31 Å². The van der Waals surface area contributed by atoms with Gasteiger partial charge in [0.15, 0.2) is 4.90 Å². The Morgan fingerprint density at radius 2 is 1.74 bits per heavy atom. The maximum Gasteiger partial charge on any atom is 0.289 e. The van der Waals surface area contributed by atoms with Crippen LogP contribution < -0.4 is 5.32 Å². The van der Waals surface area contributed by atoms with Crippen LogP contribution in [0.5, 0.6) is 0 Å². The Balaban J connectivity index is 1.32. The fourth-order valence-electron chi connectivity index (χ4n) is 4.69. The zero-order chi connectivity index (χ0) is 24.3. The minimum Gasteiger partial charge on any atom is -0.348 e. The number of sulfonamides is 1. The number of para-hydroxylation sites is 1. The molecule has 1 atom stereocenters. The molecule has 182 valence electrons. The Morgan fingerprint density at radius 1 is 1.06 bits per heavy atom. The number of hydrogen-bond acceptors (Lipinski definition) is 6. The Labute approximate surface area is 200 Å². The number of benzene rings is 2. The molecule has 0 saturated carbocycles. The van der Waals surface area contributed by atoms with Crippen molar-refractivity contribution >= 4 is 21.6 Å². The fourth-order valence-corrected chi connectivity index (χ4v) is 6.27. The van der Waals surface area contributed by atoms with Gasteiger partial charge in [0.2, 0.25) is 15.9 Å². The van der Waals surface area contributed by atoms with Crippen LogP contribution in [0.2, 0.25) is 0 Å². The first kappa shape index (κ1) is 24.3. The standard InChI is InChI=1S/C24H30N4O5S/c1-18(20-11-10-19-6-2-3-7-21(19)16-20)25-24(29)17-26-12-14-27(15-13-26)34(32,33)23-9-5-4-8-22(23)28(30)31/h4-5,8-11,16,18H,2-3,6-7,12-15,17H2,1H3,(H,25,29). The molecule has 1 saturated heterocycles. The molecule has 2 aromatic carbocycles. The molecule has 0 spiro atoms. The van der Waals surface area contributed by atoms with E-state index in [1.165, 1.54) is 52.5 Å². The average Bonchev–Trinajstić information content (AvgIpc) is 2.84. The molecule has 1 aliphatic heterocycles. The zero-order valence-corrected chi connectivity index (χ0v) is 20.1. The van der Waals surface area contributed by atoms with E-state index in [-0.39, 0.29) is 36.5 Å². The van der Waals surface area contributed by atoms with Gasteiger partial charge in [-0.3, -0.25) is 19.8 Å². The summed E-state index contributed by atoms with van der Waals surface area (Å²) in [5.41, 5.74) is 3.44. The van der Waals surface area contributed by atoms with Crippen LogP contribution in [0.25, 0.3) is 0 Å². The van der Waals surface area contributed by atoms with Crippen molar-refractivity contribution in [2.45, 2.75) is 43.5 Å². The van der Waals surface area contributed by atoms with E-state index in [0.717, 1.165) is 18.4 Å². The van der Waals surface area contributed by atoms with E-state index in [9.17, 15) is 23.3 Å². The highest BCUT2D eigenvalue weighted by Gasteiger charge is 2.33. The third kappa shape index (κ3) is 5.29. The van der Waals surface area contributed by atoms with Gasteiger partial charge in [0, 0.05) is 32.2 Å². The number of amides is 1. The van der Waals surface area contributed by atoms with Crippen molar-refractivity contribution in [2.75, 3.05) is 32.7 Å². The molecule has 4 rings (SSSR count). The molecule has 34 heavy (non-hydrogen) atoms. The summed E-state index contributed by atoms with van der Waals surface area (Å²) < 4.78 is 27.2. The molecule has 1 amide bonds. The minimum atomic E-state index is -3.99. The van der Waals surface area contributed by atoms with Gasteiger partial charge in [-0.15, -0.1) is 0 Å². The lowest BCUT2D eigenvalue weighted by atomic mass is 9.89. The van der Waals surface area contributed by atoms with Crippen molar-refractivity contribution < 1.29 is 18.1 Å². The summed E-state index contributed by atoms with van der Waals surface area (Å²) in [6.45, 7) is 3.24. The van der Waals surface area contributed by atoms with Gasteiger partial charge in [-0.1, -0.05) is 30.3 Å². The van der Waals surface area contributed by atoms with E-state index in [1.807, 2.05) is 11.8 Å². The highest BCUT2D eigenvalue weighted by atomic mass is 32.2. The monoisotopic (exact) mass is 486 g/mol. The number of rotatable bonds is 7. The van der Waals surface area contributed by atoms with Gasteiger partial charge in [0.25, 0.3) is 5.69 Å². The van der Waals surface area contributed by atoms with E-state index < -0.39 is 20.6 Å². The normalized spacial score (nSPS) is 18.1. The number of nitrogens with one attached hydrogen (secondary N) is 1. The average molecular weight is 487 g/mol. The molecule has 0 aromatic heterocycles. The first-order valence-electron chi connectivity index (χ1n) is 11.6. The lowest BCUT2D eigenvalue weighted by Gasteiger charge is -2.33. The van der Waals surface area contributed by atoms with Gasteiger partial charge in [0.1, 0.15) is 0 Å². The minimum absolute atomic E-state index is 0.111. The maximum atomic E-state index is 13.0. The highest BCUT2D eigenvalue weighted by molar-refractivity contribution is 7.89. The third-order valence-corrected chi connectivity index (χ3v) is 8.57. The van der Waals surface area contributed by atoms with Gasteiger partial charge >= 0.3 is 0 Å². The van der Waals surface area contributed by atoms with Crippen LogP contribution in [0.1, 0.15) is 42.5 Å². The molecule has 0 bridgehead atoms. The molecule has 1 unspecified atom stereocenters. The summed E-state index contributed by atoms with van der Waals surface area (Å²) in [6.07, 6.45) is 4.64. The maximum absolute atomic E-state index is 13.0.